The number of aliphatic hydroxyl groups excluding tert-OH is 8. The van der Waals surface area contributed by atoms with Gasteiger partial charge in [-0.15, -0.1) is 0 Å². The molecular formula is C62H115NO13. The van der Waals surface area contributed by atoms with E-state index in [-0.39, 0.29) is 12.5 Å². The van der Waals surface area contributed by atoms with Crippen molar-refractivity contribution in [3.63, 3.8) is 0 Å². The van der Waals surface area contributed by atoms with E-state index in [1.807, 2.05) is 0 Å². The second kappa shape index (κ2) is 48.0. The van der Waals surface area contributed by atoms with Crippen LogP contribution in [0.3, 0.4) is 0 Å². The van der Waals surface area contributed by atoms with Crippen LogP contribution >= 0.6 is 0 Å². The lowest BCUT2D eigenvalue weighted by Gasteiger charge is -2.46. The van der Waals surface area contributed by atoms with Gasteiger partial charge in [-0.05, 0) is 44.9 Å². The van der Waals surface area contributed by atoms with Crippen molar-refractivity contribution < 1.29 is 64.6 Å². The van der Waals surface area contributed by atoms with E-state index in [9.17, 15) is 45.6 Å². The van der Waals surface area contributed by atoms with Gasteiger partial charge in [-0.25, -0.2) is 0 Å². The highest BCUT2D eigenvalue weighted by molar-refractivity contribution is 5.76. The van der Waals surface area contributed by atoms with E-state index in [1.54, 1.807) is 0 Å². The van der Waals surface area contributed by atoms with E-state index < -0.39 is 86.8 Å². The third-order valence-corrected chi connectivity index (χ3v) is 15.4. The average Bonchev–Trinajstić information content (AvgIpc) is 3.42. The number of ether oxygens (including phenoxy) is 4. The zero-order valence-corrected chi connectivity index (χ0v) is 48.0. The Morgan fingerprint density at radius 2 is 0.908 bits per heavy atom. The second-order valence-electron chi connectivity index (χ2n) is 22.2. The molecule has 2 saturated heterocycles. The number of carbonyl (C=O) groups is 1. The highest BCUT2D eigenvalue weighted by atomic mass is 16.7. The molecule has 2 aliphatic heterocycles. The van der Waals surface area contributed by atoms with Crippen molar-refractivity contribution in [1.29, 1.82) is 0 Å². The Morgan fingerprint density at radius 3 is 1.39 bits per heavy atom. The lowest BCUT2D eigenvalue weighted by Crippen LogP contribution is -2.65. The fourth-order valence-electron chi connectivity index (χ4n) is 10.4. The standard InChI is InChI=1S/C62H115NO13/c1-3-5-7-9-11-13-15-17-19-21-22-23-24-25-26-27-28-30-31-33-35-37-39-41-43-45-51(66)50(63-54(67)46-44-42-40-38-36-34-32-29-20-18-16-14-12-10-8-6-4-2)49-73-61-59(72)57(70)60(53(48-65)75-61)76-62-58(71)56(69)55(68)52(47-64)74-62/h6,8,12,14,18,20,50-53,55-62,64-66,68-72H,3-5,7,9-11,13,15-17,19,21-49H2,1-2H3,(H,63,67)/b8-6-,14-12-,20-18-. The summed E-state index contributed by atoms with van der Waals surface area (Å²) in [6, 6.07) is -0.835. The smallest absolute Gasteiger partial charge is 0.220 e. The van der Waals surface area contributed by atoms with Crippen LogP contribution in [0.1, 0.15) is 258 Å². The average molecular weight is 1080 g/mol. The molecule has 446 valence electrons. The summed E-state index contributed by atoms with van der Waals surface area (Å²) in [6.45, 7) is 2.77. The van der Waals surface area contributed by atoms with Crippen LogP contribution in [0.15, 0.2) is 36.5 Å². The first kappa shape index (κ1) is 70.3. The molecule has 14 nitrogen and oxygen atoms in total. The van der Waals surface area contributed by atoms with Crippen molar-refractivity contribution in [2.24, 2.45) is 0 Å². The van der Waals surface area contributed by atoms with Crippen molar-refractivity contribution in [3.8, 4) is 0 Å². The molecule has 12 unspecified atom stereocenters. The molecule has 0 aromatic carbocycles. The SMILES string of the molecule is CC/C=C\C/C=C\C/C=C\CCCCCCCCCC(=O)NC(COC1OC(CO)C(OC2OC(CO)C(O)C(O)C2O)C(O)C1O)C(O)CCCCCCCCCCCCCCCCCCCCCCCCCCC. The van der Waals surface area contributed by atoms with Gasteiger partial charge in [-0.2, -0.15) is 0 Å². The van der Waals surface area contributed by atoms with E-state index in [1.165, 1.54) is 148 Å². The van der Waals surface area contributed by atoms with Gasteiger partial charge < -0.3 is 65.1 Å². The van der Waals surface area contributed by atoms with Crippen LogP contribution in [0.25, 0.3) is 0 Å². The summed E-state index contributed by atoms with van der Waals surface area (Å²) in [4.78, 5) is 13.3. The number of hydrogen-bond acceptors (Lipinski definition) is 13. The Hall–Kier alpha value is -1.79. The minimum atomic E-state index is -1.78. The van der Waals surface area contributed by atoms with Crippen LogP contribution < -0.4 is 5.32 Å². The van der Waals surface area contributed by atoms with Crippen molar-refractivity contribution in [3.05, 3.63) is 36.5 Å². The summed E-state index contributed by atoms with van der Waals surface area (Å²) in [6.07, 6.45) is 41.5. The van der Waals surface area contributed by atoms with Gasteiger partial charge in [0.1, 0.15) is 48.8 Å². The Kier molecular flexibility index (Phi) is 44.4. The molecule has 0 bridgehead atoms. The zero-order valence-electron chi connectivity index (χ0n) is 48.0. The van der Waals surface area contributed by atoms with Crippen molar-refractivity contribution in [2.75, 3.05) is 19.8 Å². The van der Waals surface area contributed by atoms with Crippen molar-refractivity contribution in [2.45, 2.75) is 331 Å². The van der Waals surface area contributed by atoms with Gasteiger partial charge in [0.25, 0.3) is 0 Å². The van der Waals surface area contributed by atoms with Gasteiger partial charge in [0.05, 0.1) is 32.0 Å². The third-order valence-electron chi connectivity index (χ3n) is 15.4. The summed E-state index contributed by atoms with van der Waals surface area (Å²) in [7, 11) is 0. The number of amides is 1. The van der Waals surface area contributed by atoms with Crippen molar-refractivity contribution in [1.82, 2.24) is 5.32 Å². The Balaban J connectivity index is 1.72. The molecule has 2 rings (SSSR count). The molecule has 12 atom stereocenters. The summed E-state index contributed by atoms with van der Waals surface area (Å²) in [5.74, 6) is -0.215. The maximum absolute atomic E-state index is 13.3. The molecule has 9 N–H and O–H groups in total. The molecule has 0 aromatic rings. The maximum Gasteiger partial charge on any atom is 0.220 e. The fraction of sp³-hybridized carbons (Fsp3) is 0.887. The van der Waals surface area contributed by atoms with E-state index in [0.29, 0.717) is 19.3 Å². The van der Waals surface area contributed by atoms with Crippen LogP contribution in [-0.2, 0) is 23.7 Å². The molecule has 0 saturated carbocycles. The minimum Gasteiger partial charge on any atom is -0.394 e. The maximum atomic E-state index is 13.3. The highest BCUT2D eigenvalue weighted by Crippen LogP contribution is 2.30. The number of unbranched alkanes of at least 4 members (excludes halogenated alkanes) is 31. The van der Waals surface area contributed by atoms with Gasteiger partial charge >= 0.3 is 0 Å². The normalized spacial score (nSPS) is 25.1. The largest absolute Gasteiger partial charge is 0.394 e. The molecule has 0 radical (unpaired) electrons. The lowest BCUT2D eigenvalue weighted by molar-refractivity contribution is -0.359. The molecule has 76 heavy (non-hydrogen) atoms. The molecule has 14 heteroatoms. The number of aliphatic hydroxyl groups is 8. The molecule has 0 aliphatic carbocycles. The van der Waals surface area contributed by atoms with Gasteiger partial charge in [0, 0.05) is 6.42 Å². The Bertz CT molecular complexity index is 1410. The van der Waals surface area contributed by atoms with Gasteiger partial charge in [0.2, 0.25) is 5.91 Å². The van der Waals surface area contributed by atoms with E-state index >= 15 is 0 Å². The molecular weight excluding hydrogens is 967 g/mol. The molecule has 1 amide bonds. The predicted octanol–water partition coefficient (Wildman–Crippen LogP) is 11.0. The van der Waals surface area contributed by atoms with Crippen molar-refractivity contribution >= 4 is 5.91 Å². The number of nitrogens with one attached hydrogen (secondary N) is 1. The Labute approximate surface area is 461 Å². The first-order chi connectivity index (χ1) is 37.1. The van der Waals surface area contributed by atoms with Crippen LogP contribution in [0.5, 0.6) is 0 Å². The number of carbonyl (C=O) groups excluding carboxylic acids is 1. The quantitative estimate of drug-likeness (QED) is 0.0204. The van der Waals surface area contributed by atoms with Gasteiger partial charge in [-0.1, -0.05) is 243 Å². The summed E-state index contributed by atoms with van der Waals surface area (Å²) >= 11 is 0. The van der Waals surface area contributed by atoms with Crippen LogP contribution in [0.4, 0.5) is 0 Å². The predicted molar refractivity (Wildman–Crippen MR) is 305 cm³/mol. The minimum absolute atomic E-state index is 0.215. The third kappa shape index (κ3) is 33.1. The monoisotopic (exact) mass is 1080 g/mol. The Morgan fingerprint density at radius 1 is 0.487 bits per heavy atom. The lowest BCUT2D eigenvalue weighted by atomic mass is 9.97. The van der Waals surface area contributed by atoms with Gasteiger partial charge in [-0.3, -0.25) is 4.79 Å². The van der Waals surface area contributed by atoms with E-state index in [4.69, 9.17) is 18.9 Å². The molecule has 0 spiro atoms. The summed E-state index contributed by atoms with van der Waals surface area (Å²) in [5, 5.41) is 87.3. The highest BCUT2D eigenvalue weighted by Gasteiger charge is 2.51. The van der Waals surface area contributed by atoms with E-state index in [2.05, 4.69) is 55.6 Å². The molecule has 0 aromatic heterocycles. The van der Waals surface area contributed by atoms with Crippen LogP contribution in [0, 0.1) is 0 Å². The molecule has 2 heterocycles. The number of allylic oxidation sites excluding steroid dienone is 6. The summed E-state index contributed by atoms with van der Waals surface area (Å²) in [5.41, 5.74) is 0. The zero-order chi connectivity index (χ0) is 55.3. The number of rotatable bonds is 50. The number of hydrogen-bond donors (Lipinski definition) is 9. The second-order valence-corrected chi connectivity index (χ2v) is 22.2. The topological polar surface area (TPSA) is 228 Å². The molecule has 2 aliphatic rings. The van der Waals surface area contributed by atoms with E-state index in [0.717, 1.165) is 77.0 Å². The fourth-order valence-corrected chi connectivity index (χ4v) is 10.4. The van der Waals surface area contributed by atoms with Crippen LogP contribution in [0.2, 0.25) is 0 Å². The first-order valence-corrected chi connectivity index (χ1v) is 31.2. The molecule has 2 fully saturated rings. The van der Waals surface area contributed by atoms with Gasteiger partial charge in [0.15, 0.2) is 12.6 Å². The first-order valence-electron chi connectivity index (χ1n) is 31.2. The van der Waals surface area contributed by atoms with Crippen LogP contribution in [-0.4, -0.2) is 140 Å². The summed E-state index contributed by atoms with van der Waals surface area (Å²) < 4.78 is 22.9.